The highest BCUT2D eigenvalue weighted by Crippen LogP contribution is 2.18. The summed E-state index contributed by atoms with van der Waals surface area (Å²) < 4.78 is 5.47. The van der Waals surface area contributed by atoms with E-state index in [1.807, 2.05) is 43.3 Å². The Hall–Kier alpha value is -2.00. The maximum absolute atomic E-state index is 12.3. The van der Waals surface area contributed by atoms with Crippen molar-refractivity contribution < 1.29 is 9.53 Å². The number of para-hydroxylation sites is 1. The molecule has 0 aliphatic rings. The van der Waals surface area contributed by atoms with Gasteiger partial charge in [-0.05, 0) is 30.2 Å². The first kappa shape index (κ1) is 15.4. The molecular formula is C17H18ClNO2. The molecule has 1 amide bonds. The molecule has 110 valence electrons. The molecule has 21 heavy (non-hydrogen) atoms. The zero-order valence-corrected chi connectivity index (χ0v) is 12.7. The normalized spacial score (nSPS) is 10.2. The lowest BCUT2D eigenvalue weighted by atomic mass is 10.1. The third-order valence-corrected chi connectivity index (χ3v) is 3.34. The van der Waals surface area contributed by atoms with Crippen molar-refractivity contribution in [1.82, 2.24) is 5.32 Å². The van der Waals surface area contributed by atoms with Crippen LogP contribution < -0.4 is 10.1 Å². The Kier molecular flexibility index (Phi) is 5.64. The summed E-state index contributed by atoms with van der Waals surface area (Å²) in [5.74, 6) is 0.928. The first-order valence-corrected chi connectivity index (χ1v) is 7.42. The van der Waals surface area contributed by atoms with Crippen molar-refractivity contribution in [3.63, 3.8) is 0 Å². The molecule has 0 spiro atoms. The molecule has 2 aromatic rings. The lowest BCUT2D eigenvalue weighted by molar-refractivity contribution is 0.0947. The topological polar surface area (TPSA) is 38.3 Å². The molecule has 0 heterocycles. The van der Waals surface area contributed by atoms with E-state index >= 15 is 0 Å². The SMILES string of the molecule is CCOc1ccccc1C(=O)NCc1cccc(CCl)c1. The summed E-state index contributed by atoms with van der Waals surface area (Å²) in [6, 6.07) is 15.1. The van der Waals surface area contributed by atoms with Crippen LogP contribution in [0.25, 0.3) is 0 Å². The van der Waals surface area contributed by atoms with Gasteiger partial charge in [0.1, 0.15) is 5.75 Å². The number of hydrogen-bond donors (Lipinski definition) is 1. The molecule has 1 N–H and O–H groups in total. The van der Waals surface area contributed by atoms with Gasteiger partial charge in [0, 0.05) is 12.4 Å². The minimum atomic E-state index is -0.143. The second kappa shape index (κ2) is 7.70. The van der Waals surface area contributed by atoms with Crippen LogP contribution in [0.15, 0.2) is 48.5 Å². The average Bonchev–Trinajstić information content (AvgIpc) is 2.53. The van der Waals surface area contributed by atoms with Gasteiger partial charge in [-0.2, -0.15) is 0 Å². The van der Waals surface area contributed by atoms with Crippen molar-refractivity contribution >= 4 is 17.5 Å². The van der Waals surface area contributed by atoms with Gasteiger partial charge in [-0.1, -0.05) is 36.4 Å². The second-order valence-corrected chi connectivity index (χ2v) is 4.83. The number of alkyl halides is 1. The molecule has 3 nitrogen and oxygen atoms in total. The predicted molar refractivity (Wildman–Crippen MR) is 84.8 cm³/mol. The van der Waals surface area contributed by atoms with Crippen LogP contribution in [-0.4, -0.2) is 12.5 Å². The number of halogens is 1. The zero-order chi connectivity index (χ0) is 15.1. The lowest BCUT2D eigenvalue weighted by Gasteiger charge is -2.10. The molecule has 0 aliphatic heterocycles. The van der Waals surface area contributed by atoms with Crippen molar-refractivity contribution in [2.24, 2.45) is 0 Å². The third kappa shape index (κ3) is 4.23. The molecule has 0 radical (unpaired) electrons. The minimum absolute atomic E-state index is 0.143. The van der Waals surface area contributed by atoms with Crippen LogP contribution >= 0.6 is 11.6 Å². The molecule has 0 fully saturated rings. The fraction of sp³-hybridized carbons (Fsp3) is 0.235. The molecule has 0 saturated carbocycles. The van der Waals surface area contributed by atoms with Gasteiger partial charge in [-0.3, -0.25) is 4.79 Å². The Labute approximate surface area is 129 Å². The molecule has 0 saturated heterocycles. The summed E-state index contributed by atoms with van der Waals surface area (Å²) in [4.78, 5) is 12.3. The van der Waals surface area contributed by atoms with Crippen LogP contribution in [0.2, 0.25) is 0 Å². The number of hydrogen-bond acceptors (Lipinski definition) is 2. The van der Waals surface area contributed by atoms with Gasteiger partial charge in [0.05, 0.1) is 12.2 Å². The maximum Gasteiger partial charge on any atom is 0.255 e. The van der Waals surface area contributed by atoms with Crippen LogP contribution in [0.3, 0.4) is 0 Å². The van der Waals surface area contributed by atoms with Gasteiger partial charge in [0.25, 0.3) is 5.91 Å². The molecule has 0 unspecified atom stereocenters. The molecular weight excluding hydrogens is 286 g/mol. The number of benzene rings is 2. The molecule has 0 atom stereocenters. The van der Waals surface area contributed by atoms with Gasteiger partial charge in [-0.15, -0.1) is 11.6 Å². The van der Waals surface area contributed by atoms with Crippen LogP contribution in [0.5, 0.6) is 5.75 Å². The highest BCUT2D eigenvalue weighted by Gasteiger charge is 2.11. The Morgan fingerprint density at radius 3 is 2.67 bits per heavy atom. The van der Waals surface area contributed by atoms with Gasteiger partial charge in [0.2, 0.25) is 0 Å². The van der Waals surface area contributed by atoms with Crippen LogP contribution in [-0.2, 0) is 12.4 Å². The summed E-state index contributed by atoms with van der Waals surface area (Å²) in [6.07, 6.45) is 0. The van der Waals surface area contributed by atoms with E-state index in [1.54, 1.807) is 12.1 Å². The Balaban J connectivity index is 2.04. The lowest BCUT2D eigenvalue weighted by Crippen LogP contribution is -2.23. The average molecular weight is 304 g/mol. The van der Waals surface area contributed by atoms with E-state index in [0.717, 1.165) is 11.1 Å². The number of nitrogens with one attached hydrogen (secondary N) is 1. The van der Waals surface area contributed by atoms with Crippen molar-refractivity contribution in [1.29, 1.82) is 0 Å². The first-order valence-electron chi connectivity index (χ1n) is 6.88. The Morgan fingerprint density at radius 1 is 1.14 bits per heavy atom. The van der Waals surface area contributed by atoms with Crippen molar-refractivity contribution in [2.45, 2.75) is 19.3 Å². The van der Waals surface area contributed by atoms with Crippen molar-refractivity contribution in [3.8, 4) is 5.75 Å². The van der Waals surface area contributed by atoms with E-state index in [2.05, 4.69) is 5.32 Å². The first-order chi connectivity index (χ1) is 10.2. The number of carbonyl (C=O) groups excluding carboxylic acids is 1. The number of ether oxygens (including phenoxy) is 1. The molecule has 0 bridgehead atoms. The summed E-state index contributed by atoms with van der Waals surface area (Å²) >= 11 is 5.81. The van der Waals surface area contributed by atoms with E-state index < -0.39 is 0 Å². The fourth-order valence-corrected chi connectivity index (χ4v) is 2.20. The Bertz CT molecular complexity index is 613. The van der Waals surface area contributed by atoms with E-state index in [1.165, 1.54) is 0 Å². The van der Waals surface area contributed by atoms with Crippen molar-refractivity contribution in [3.05, 3.63) is 65.2 Å². The van der Waals surface area contributed by atoms with Gasteiger partial charge >= 0.3 is 0 Å². The van der Waals surface area contributed by atoms with Crippen LogP contribution in [0, 0.1) is 0 Å². The standard InChI is InChI=1S/C17H18ClNO2/c1-2-21-16-9-4-3-8-15(16)17(20)19-12-14-7-5-6-13(10-14)11-18/h3-10H,2,11-12H2,1H3,(H,19,20). The number of carbonyl (C=O) groups is 1. The van der Waals surface area contributed by atoms with Crippen LogP contribution in [0.4, 0.5) is 0 Å². The minimum Gasteiger partial charge on any atom is -0.493 e. The van der Waals surface area contributed by atoms with E-state index in [-0.39, 0.29) is 5.91 Å². The third-order valence-electron chi connectivity index (χ3n) is 3.03. The highest BCUT2D eigenvalue weighted by atomic mass is 35.5. The summed E-state index contributed by atoms with van der Waals surface area (Å²) in [6.45, 7) is 2.89. The Morgan fingerprint density at radius 2 is 1.90 bits per heavy atom. The summed E-state index contributed by atoms with van der Waals surface area (Å²) in [5.41, 5.74) is 2.61. The smallest absolute Gasteiger partial charge is 0.255 e. The monoisotopic (exact) mass is 303 g/mol. The quantitative estimate of drug-likeness (QED) is 0.825. The predicted octanol–water partition coefficient (Wildman–Crippen LogP) is 3.75. The summed E-state index contributed by atoms with van der Waals surface area (Å²) in [7, 11) is 0. The molecule has 2 rings (SSSR count). The van der Waals surface area contributed by atoms with E-state index in [9.17, 15) is 4.79 Å². The number of rotatable bonds is 6. The maximum atomic E-state index is 12.3. The number of amides is 1. The fourth-order valence-electron chi connectivity index (χ4n) is 2.04. The second-order valence-electron chi connectivity index (χ2n) is 4.57. The molecule has 4 heteroatoms. The van der Waals surface area contributed by atoms with E-state index in [0.29, 0.717) is 30.3 Å². The summed E-state index contributed by atoms with van der Waals surface area (Å²) in [5, 5.41) is 2.90. The van der Waals surface area contributed by atoms with Crippen molar-refractivity contribution in [2.75, 3.05) is 6.61 Å². The van der Waals surface area contributed by atoms with Gasteiger partial charge in [-0.25, -0.2) is 0 Å². The van der Waals surface area contributed by atoms with Crippen LogP contribution in [0.1, 0.15) is 28.4 Å². The molecule has 0 aliphatic carbocycles. The van der Waals surface area contributed by atoms with Gasteiger partial charge in [0.15, 0.2) is 0 Å². The largest absolute Gasteiger partial charge is 0.493 e. The zero-order valence-electron chi connectivity index (χ0n) is 11.9. The van der Waals surface area contributed by atoms with E-state index in [4.69, 9.17) is 16.3 Å². The molecule has 2 aromatic carbocycles. The van der Waals surface area contributed by atoms with Gasteiger partial charge < -0.3 is 10.1 Å². The highest BCUT2D eigenvalue weighted by molar-refractivity contribution is 6.17. The molecule has 0 aromatic heterocycles.